The van der Waals surface area contributed by atoms with Gasteiger partial charge in [-0.05, 0) is 63.7 Å². The molecule has 1 aliphatic rings. The maximum Gasteiger partial charge on any atom is 0.167 e. The van der Waals surface area contributed by atoms with Crippen molar-refractivity contribution < 1.29 is 4.42 Å². The van der Waals surface area contributed by atoms with E-state index in [0.717, 1.165) is 66.5 Å². The molecule has 0 saturated heterocycles. The van der Waals surface area contributed by atoms with Gasteiger partial charge in [0.15, 0.2) is 17.5 Å². The van der Waals surface area contributed by atoms with Crippen molar-refractivity contribution in [2.45, 2.75) is 19.3 Å². The highest BCUT2D eigenvalue weighted by Crippen LogP contribution is 2.53. The van der Waals surface area contributed by atoms with Crippen LogP contribution in [0.5, 0.6) is 0 Å². The highest BCUT2D eigenvalue weighted by atomic mass is 16.3. The molecule has 3 aromatic heterocycles. The van der Waals surface area contributed by atoms with Crippen LogP contribution in [0.25, 0.3) is 106 Å². The van der Waals surface area contributed by atoms with Gasteiger partial charge in [-0.1, -0.05) is 166 Å². The van der Waals surface area contributed by atoms with E-state index in [1.54, 1.807) is 0 Å². The second kappa shape index (κ2) is 12.7. The Kier molecular flexibility index (Phi) is 7.20. The molecule has 0 unspecified atom stereocenters. The summed E-state index contributed by atoms with van der Waals surface area (Å²) in [6.07, 6.45) is 0. The smallest absolute Gasteiger partial charge is 0.167 e. The predicted molar refractivity (Wildman–Crippen MR) is 241 cm³/mol. The first-order valence-electron chi connectivity index (χ1n) is 20.1. The molecule has 12 rings (SSSR count). The monoisotopic (exact) mass is 756 g/mol. The molecule has 0 saturated carbocycles. The predicted octanol–water partition coefficient (Wildman–Crippen LogP) is 13.8. The van der Waals surface area contributed by atoms with Crippen LogP contribution in [0.1, 0.15) is 25.0 Å². The topological polar surface area (TPSA) is 56.7 Å². The molecular weight excluding hydrogens is 721 g/mol. The zero-order valence-electron chi connectivity index (χ0n) is 32.5. The Labute approximate surface area is 340 Å². The van der Waals surface area contributed by atoms with Crippen LogP contribution in [0, 0.1) is 0 Å². The number of hydrogen-bond donors (Lipinski definition) is 0. The van der Waals surface area contributed by atoms with Gasteiger partial charge in [-0.3, -0.25) is 0 Å². The van der Waals surface area contributed by atoms with Crippen molar-refractivity contribution >= 4 is 43.7 Å². The number of rotatable bonds is 5. The minimum atomic E-state index is -0.170. The largest absolute Gasteiger partial charge is 0.455 e. The number of aromatic nitrogens is 4. The first kappa shape index (κ1) is 33.5. The average molecular weight is 757 g/mol. The van der Waals surface area contributed by atoms with Crippen molar-refractivity contribution in [1.82, 2.24) is 19.5 Å². The lowest BCUT2D eigenvalue weighted by atomic mass is 9.80. The third kappa shape index (κ3) is 5.01. The molecule has 0 amide bonds. The quantitative estimate of drug-likeness (QED) is 0.175. The summed E-state index contributed by atoms with van der Waals surface area (Å²) in [5.74, 6) is 1.75. The Hall–Kier alpha value is -7.63. The van der Waals surface area contributed by atoms with E-state index in [1.165, 1.54) is 33.0 Å². The molecule has 0 N–H and O–H groups in total. The van der Waals surface area contributed by atoms with Crippen molar-refractivity contribution in [2.24, 2.45) is 0 Å². The molecule has 278 valence electrons. The van der Waals surface area contributed by atoms with Crippen LogP contribution >= 0.6 is 0 Å². The normalized spacial score (nSPS) is 13.1. The fourth-order valence-electron chi connectivity index (χ4n) is 9.55. The highest BCUT2D eigenvalue weighted by Gasteiger charge is 2.38. The summed E-state index contributed by atoms with van der Waals surface area (Å²) in [5.41, 5.74) is 15.0. The first-order chi connectivity index (χ1) is 29.0. The summed E-state index contributed by atoms with van der Waals surface area (Å²) < 4.78 is 9.32. The van der Waals surface area contributed by atoms with Gasteiger partial charge < -0.3 is 8.98 Å². The first-order valence-corrected chi connectivity index (χ1v) is 20.1. The Morgan fingerprint density at radius 2 is 1.00 bits per heavy atom. The number of nitrogens with zero attached hydrogens (tertiary/aromatic N) is 4. The van der Waals surface area contributed by atoms with Gasteiger partial charge in [0.25, 0.3) is 0 Å². The molecule has 0 atom stereocenters. The van der Waals surface area contributed by atoms with Gasteiger partial charge in [0.1, 0.15) is 11.2 Å². The van der Waals surface area contributed by atoms with Crippen LogP contribution in [0.15, 0.2) is 186 Å². The van der Waals surface area contributed by atoms with E-state index in [1.807, 2.05) is 48.5 Å². The van der Waals surface area contributed by atoms with Gasteiger partial charge in [0.2, 0.25) is 0 Å². The van der Waals surface area contributed by atoms with E-state index in [9.17, 15) is 0 Å². The molecule has 0 aliphatic heterocycles. The molecular formula is C54H36N4O. The van der Waals surface area contributed by atoms with Crippen molar-refractivity contribution in [3.05, 3.63) is 193 Å². The Balaban J connectivity index is 1.10. The lowest BCUT2D eigenvalue weighted by Gasteiger charge is -2.22. The SMILES string of the molecule is CC1(C)c2ccccc2-c2ccc3c(c21)c1ccccc1n3-c1ccc(-c2nc(-c3ccccc3)nc(-c3ccc(-c4ccccc4)cc3)n2)c2oc3ccccc3c12. The highest BCUT2D eigenvalue weighted by molar-refractivity contribution is 6.18. The molecule has 0 fully saturated rings. The molecule has 0 spiro atoms. The maximum atomic E-state index is 6.89. The Morgan fingerprint density at radius 3 is 1.78 bits per heavy atom. The molecule has 5 heteroatoms. The van der Waals surface area contributed by atoms with Crippen LogP contribution in [0.2, 0.25) is 0 Å². The van der Waals surface area contributed by atoms with E-state index in [-0.39, 0.29) is 5.41 Å². The third-order valence-electron chi connectivity index (χ3n) is 12.3. The van der Waals surface area contributed by atoms with Crippen LogP contribution in [0.3, 0.4) is 0 Å². The summed E-state index contributed by atoms with van der Waals surface area (Å²) in [5, 5.41) is 4.57. The van der Waals surface area contributed by atoms with Gasteiger partial charge in [-0.25, -0.2) is 15.0 Å². The minimum absolute atomic E-state index is 0.170. The van der Waals surface area contributed by atoms with E-state index < -0.39 is 0 Å². The fraction of sp³-hybridized carbons (Fsp3) is 0.0556. The van der Waals surface area contributed by atoms with Gasteiger partial charge in [0.05, 0.1) is 27.7 Å². The number of para-hydroxylation sites is 2. The van der Waals surface area contributed by atoms with Crippen LogP contribution in [-0.2, 0) is 5.41 Å². The van der Waals surface area contributed by atoms with Crippen LogP contribution < -0.4 is 0 Å². The summed E-state index contributed by atoms with van der Waals surface area (Å²) in [7, 11) is 0. The summed E-state index contributed by atoms with van der Waals surface area (Å²) in [6, 6.07) is 63.9. The number of benzene rings is 8. The van der Waals surface area contributed by atoms with Gasteiger partial charge in [0, 0.05) is 32.7 Å². The van der Waals surface area contributed by atoms with Gasteiger partial charge in [-0.2, -0.15) is 0 Å². The minimum Gasteiger partial charge on any atom is -0.455 e. The lowest BCUT2D eigenvalue weighted by molar-refractivity contribution is 0.666. The standard InChI is InChI=1S/C54H36N4O/c1-54(2)42-22-12-9-19-37(42)38-29-31-44-47(49(38)54)39-20-10-13-23-43(39)58(44)45-32-30-41(50-48(45)40-21-11-14-24-46(40)59-50)53-56-51(35-17-7-4-8-18-35)55-52(57-53)36-27-25-34(26-28-36)33-15-5-3-6-16-33/h3-32H,1-2H3. The number of furan rings is 1. The van der Waals surface area contributed by atoms with E-state index in [4.69, 9.17) is 19.4 Å². The molecule has 8 aromatic carbocycles. The summed E-state index contributed by atoms with van der Waals surface area (Å²) in [6.45, 7) is 4.73. The Morgan fingerprint density at radius 1 is 0.424 bits per heavy atom. The summed E-state index contributed by atoms with van der Waals surface area (Å²) >= 11 is 0. The average Bonchev–Trinajstić information content (AvgIpc) is 3.92. The number of fused-ring (bicyclic) bond motifs is 10. The molecule has 3 heterocycles. The second-order valence-corrected chi connectivity index (χ2v) is 16.0. The lowest BCUT2D eigenvalue weighted by Crippen LogP contribution is -2.15. The van der Waals surface area contributed by atoms with Crippen LogP contribution in [0.4, 0.5) is 0 Å². The third-order valence-corrected chi connectivity index (χ3v) is 12.3. The maximum absolute atomic E-state index is 6.89. The zero-order valence-corrected chi connectivity index (χ0v) is 32.5. The molecule has 1 aliphatic carbocycles. The van der Waals surface area contributed by atoms with Gasteiger partial charge in [-0.15, -0.1) is 0 Å². The molecule has 5 nitrogen and oxygen atoms in total. The van der Waals surface area contributed by atoms with Crippen molar-refractivity contribution in [3.63, 3.8) is 0 Å². The zero-order chi connectivity index (χ0) is 39.2. The van der Waals surface area contributed by atoms with E-state index >= 15 is 0 Å². The molecule has 59 heavy (non-hydrogen) atoms. The molecule has 0 radical (unpaired) electrons. The van der Waals surface area contributed by atoms with Crippen LogP contribution in [-0.4, -0.2) is 19.5 Å². The Bertz CT molecular complexity index is 3450. The van der Waals surface area contributed by atoms with Crippen molar-refractivity contribution in [1.29, 1.82) is 0 Å². The number of hydrogen-bond acceptors (Lipinski definition) is 4. The van der Waals surface area contributed by atoms with Crippen molar-refractivity contribution in [3.8, 4) is 62.1 Å². The van der Waals surface area contributed by atoms with E-state index in [0.29, 0.717) is 17.5 Å². The van der Waals surface area contributed by atoms with E-state index in [2.05, 4.69) is 152 Å². The molecule has 0 bridgehead atoms. The fourth-order valence-corrected chi connectivity index (χ4v) is 9.55. The second-order valence-electron chi connectivity index (χ2n) is 16.0. The summed E-state index contributed by atoms with van der Waals surface area (Å²) in [4.78, 5) is 15.4. The van der Waals surface area contributed by atoms with Crippen molar-refractivity contribution in [2.75, 3.05) is 0 Å². The molecule has 11 aromatic rings. The van der Waals surface area contributed by atoms with Gasteiger partial charge >= 0.3 is 0 Å².